The topological polar surface area (TPSA) is 46.3 Å². The van der Waals surface area contributed by atoms with E-state index < -0.39 is 5.41 Å². The Labute approximate surface area is 80.3 Å². The van der Waals surface area contributed by atoms with E-state index in [0.717, 1.165) is 19.4 Å². The minimum atomic E-state index is -0.390. The molecule has 1 aliphatic rings. The third kappa shape index (κ3) is 2.02. The maximum absolute atomic E-state index is 12.0. The molecule has 1 aliphatic heterocycles. The second kappa shape index (κ2) is 3.66. The fraction of sp³-hybridized carbons (Fsp3) is 0.900. The Kier molecular flexibility index (Phi) is 2.96. The molecule has 3 nitrogen and oxygen atoms in total. The Morgan fingerprint density at radius 1 is 1.62 bits per heavy atom. The Bertz CT molecular complexity index is 201. The molecule has 0 aromatic carbocycles. The van der Waals surface area contributed by atoms with Gasteiger partial charge < -0.3 is 10.6 Å². The van der Waals surface area contributed by atoms with Crippen molar-refractivity contribution in [3.05, 3.63) is 0 Å². The highest BCUT2D eigenvalue weighted by molar-refractivity contribution is 5.82. The zero-order valence-corrected chi connectivity index (χ0v) is 8.84. The lowest BCUT2D eigenvalue weighted by atomic mass is 9.91. The summed E-state index contributed by atoms with van der Waals surface area (Å²) in [4.78, 5) is 13.9. The van der Waals surface area contributed by atoms with Crippen molar-refractivity contribution in [2.45, 2.75) is 39.7 Å². The minimum Gasteiger partial charge on any atom is -0.339 e. The normalized spacial score (nSPS) is 23.7. The van der Waals surface area contributed by atoms with Crippen LogP contribution in [0.5, 0.6) is 0 Å². The van der Waals surface area contributed by atoms with E-state index in [1.165, 1.54) is 0 Å². The lowest BCUT2D eigenvalue weighted by Gasteiger charge is -2.30. The summed E-state index contributed by atoms with van der Waals surface area (Å²) in [7, 11) is 0. The molecule has 0 aromatic heterocycles. The molecule has 0 saturated carbocycles. The molecule has 0 aromatic rings. The maximum atomic E-state index is 12.0. The zero-order chi connectivity index (χ0) is 10.1. The van der Waals surface area contributed by atoms with Crippen LogP contribution in [0.3, 0.4) is 0 Å². The van der Waals surface area contributed by atoms with Gasteiger partial charge in [-0.3, -0.25) is 4.79 Å². The van der Waals surface area contributed by atoms with E-state index in [9.17, 15) is 4.79 Å². The summed E-state index contributed by atoms with van der Waals surface area (Å²) in [6, 6.07) is 0.401. The molecule has 13 heavy (non-hydrogen) atoms. The number of hydrogen-bond acceptors (Lipinski definition) is 2. The van der Waals surface area contributed by atoms with Crippen molar-refractivity contribution < 1.29 is 4.79 Å². The van der Waals surface area contributed by atoms with Gasteiger partial charge in [0.2, 0.25) is 5.91 Å². The molecule has 0 radical (unpaired) electrons. The summed E-state index contributed by atoms with van der Waals surface area (Å²) in [5, 5.41) is 0. The highest BCUT2D eigenvalue weighted by atomic mass is 16.2. The van der Waals surface area contributed by atoms with Crippen LogP contribution in [0.4, 0.5) is 0 Å². The molecule has 2 N–H and O–H groups in total. The molecule has 1 fully saturated rings. The van der Waals surface area contributed by atoms with Gasteiger partial charge in [-0.2, -0.15) is 0 Å². The predicted molar refractivity (Wildman–Crippen MR) is 53.2 cm³/mol. The molecule has 1 atom stereocenters. The number of nitrogens with zero attached hydrogens (tertiary/aromatic N) is 1. The van der Waals surface area contributed by atoms with E-state index in [4.69, 9.17) is 5.73 Å². The molecule has 3 heteroatoms. The van der Waals surface area contributed by atoms with Gasteiger partial charge in [-0.25, -0.2) is 0 Å². The van der Waals surface area contributed by atoms with Gasteiger partial charge in [0, 0.05) is 19.1 Å². The smallest absolute Gasteiger partial charge is 0.229 e. The molecule has 76 valence electrons. The Hall–Kier alpha value is -0.570. The highest BCUT2D eigenvalue weighted by Crippen LogP contribution is 2.24. The number of nitrogens with two attached hydrogens (primary N) is 1. The maximum Gasteiger partial charge on any atom is 0.229 e. The number of carbonyl (C=O) groups excluding carboxylic acids is 1. The molecule has 1 saturated heterocycles. The van der Waals surface area contributed by atoms with E-state index in [2.05, 4.69) is 6.92 Å². The van der Waals surface area contributed by atoms with Gasteiger partial charge in [0.15, 0.2) is 0 Å². The summed E-state index contributed by atoms with van der Waals surface area (Å²) in [5.74, 6) is 0.208. The molecule has 1 rings (SSSR count). The Balaban J connectivity index is 2.66. The first-order chi connectivity index (χ1) is 5.99. The summed E-state index contributed by atoms with van der Waals surface area (Å²) < 4.78 is 0. The van der Waals surface area contributed by atoms with Gasteiger partial charge in [0.25, 0.3) is 0 Å². The van der Waals surface area contributed by atoms with Crippen molar-refractivity contribution in [3.8, 4) is 0 Å². The number of carbonyl (C=O) groups is 1. The van der Waals surface area contributed by atoms with E-state index >= 15 is 0 Å². The van der Waals surface area contributed by atoms with Crippen molar-refractivity contribution >= 4 is 5.91 Å². The van der Waals surface area contributed by atoms with Crippen molar-refractivity contribution in [3.63, 3.8) is 0 Å². The molecule has 1 heterocycles. The van der Waals surface area contributed by atoms with Crippen LogP contribution in [0.2, 0.25) is 0 Å². The predicted octanol–water partition coefficient (Wildman–Crippen LogP) is 0.982. The SMILES string of the molecule is CC1CCCN1C(=O)C(C)(C)CN. The quantitative estimate of drug-likeness (QED) is 0.695. The third-order valence-electron chi connectivity index (χ3n) is 2.90. The monoisotopic (exact) mass is 184 g/mol. The van der Waals surface area contributed by atoms with Gasteiger partial charge in [-0.15, -0.1) is 0 Å². The first-order valence-electron chi connectivity index (χ1n) is 5.00. The van der Waals surface area contributed by atoms with Crippen molar-refractivity contribution in [1.29, 1.82) is 0 Å². The van der Waals surface area contributed by atoms with Crippen LogP contribution in [0.1, 0.15) is 33.6 Å². The van der Waals surface area contributed by atoms with E-state index in [0.29, 0.717) is 12.6 Å². The summed E-state index contributed by atoms with van der Waals surface area (Å²) in [6.07, 6.45) is 2.26. The second-order valence-electron chi connectivity index (χ2n) is 4.58. The lowest BCUT2D eigenvalue weighted by molar-refractivity contribution is -0.140. The third-order valence-corrected chi connectivity index (χ3v) is 2.90. The van der Waals surface area contributed by atoms with E-state index in [1.807, 2.05) is 18.7 Å². The molecule has 0 bridgehead atoms. The average Bonchev–Trinajstić information content (AvgIpc) is 2.50. The number of likely N-dealkylation sites (tertiary alicyclic amines) is 1. The van der Waals surface area contributed by atoms with Gasteiger partial charge in [-0.1, -0.05) is 0 Å². The molecule has 1 unspecified atom stereocenters. The number of hydrogen-bond donors (Lipinski definition) is 1. The van der Waals surface area contributed by atoms with Crippen molar-refractivity contribution in [2.24, 2.45) is 11.1 Å². The van der Waals surface area contributed by atoms with Crippen LogP contribution in [-0.2, 0) is 4.79 Å². The Morgan fingerprint density at radius 2 is 2.23 bits per heavy atom. The summed E-state index contributed by atoms with van der Waals surface area (Å²) >= 11 is 0. The second-order valence-corrected chi connectivity index (χ2v) is 4.58. The molecule has 0 aliphatic carbocycles. The standard InChI is InChI=1S/C10H20N2O/c1-8-5-4-6-12(8)9(13)10(2,3)7-11/h8H,4-7,11H2,1-3H3. The molecular formula is C10H20N2O. The van der Waals surface area contributed by atoms with Gasteiger partial charge in [-0.05, 0) is 33.6 Å². The van der Waals surface area contributed by atoms with Crippen LogP contribution in [0.25, 0.3) is 0 Å². The van der Waals surface area contributed by atoms with Crippen molar-refractivity contribution in [1.82, 2.24) is 4.90 Å². The summed E-state index contributed by atoms with van der Waals surface area (Å²) in [5.41, 5.74) is 5.18. The number of rotatable bonds is 2. The van der Waals surface area contributed by atoms with Crippen LogP contribution in [-0.4, -0.2) is 29.9 Å². The summed E-state index contributed by atoms with van der Waals surface area (Å²) in [6.45, 7) is 7.27. The fourth-order valence-electron chi connectivity index (χ4n) is 1.71. The van der Waals surface area contributed by atoms with Gasteiger partial charge in [0.05, 0.1) is 5.41 Å². The van der Waals surface area contributed by atoms with Gasteiger partial charge >= 0.3 is 0 Å². The number of amides is 1. The van der Waals surface area contributed by atoms with E-state index in [1.54, 1.807) is 0 Å². The fourth-order valence-corrected chi connectivity index (χ4v) is 1.71. The largest absolute Gasteiger partial charge is 0.339 e. The van der Waals surface area contributed by atoms with Crippen LogP contribution < -0.4 is 5.73 Å². The van der Waals surface area contributed by atoms with Crippen molar-refractivity contribution in [2.75, 3.05) is 13.1 Å². The van der Waals surface area contributed by atoms with Crippen LogP contribution in [0, 0.1) is 5.41 Å². The van der Waals surface area contributed by atoms with Gasteiger partial charge in [0.1, 0.15) is 0 Å². The molecule has 0 spiro atoms. The lowest BCUT2D eigenvalue weighted by Crippen LogP contribution is -2.45. The average molecular weight is 184 g/mol. The highest BCUT2D eigenvalue weighted by Gasteiger charge is 2.34. The van der Waals surface area contributed by atoms with Crippen LogP contribution >= 0.6 is 0 Å². The zero-order valence-electron chi connectivity index (χ0n) is 8.84. The van der Waals surface area contributed by atoms with Crippen LogP contribution in [0.15, 0.2) is 0 Å². The first kappa shape index (κ1) is 10.5. The van der Waals surface area contributed by atoms with E-state index in [-0.39, 0.29) is 5.91 Å². The minimum absolute atomic E-state index is 0.208. The first-order valence-corrected chi connectivity index (χ1v) is 5.00. The molecule has 1 amide bonds. The Morgan fingerprint density at radius 3 is 2.62 bits per heavy atom. The molecular weight excluding hydrogens is 164 g/mol.